The zero-order valence-electron chi connectivity index (χ0n) is 6.72. The van der Waals surface area contributed by atoms with Crippen LogP contribution in [0.25, 0.3) is 0 Å². The molecular formula is C7H14FNO2. The van der Waals surface area contributed by atoms with E-state index in [0.717, 1.165) is 0 Å². The molecule has 0 saturated carbocycles. The van der Waals surface area contributed by atoms with E-state index >= 15 is 0 Å². The van der Waals surface area contributed by atoms with Gasteiger partial charge < -0.3 is 5.11 Å². The van der Waals surface area contributed by atoms with Crippen molar-refractivity contribution in [2.24, 2.45) is 0 Å². The molecule has 0 aliphatic rings. The third kappa shape index (κ3) is 5.79. The van der Waals surface area contributed by atoms with Crippen molar-refractivity contribution < 1.29 is 14.3 Å². The van der Waals surface area contributed by atoms with Crippen LogP contribution in [0, 0.1) is 0 Å². The van der Waals surface area contributed by atoms with Crippen LogP contribution in [-0.4, -0.2) is 42.3 Å². The predicted molar refractivity (Wildman–Crippen MR) is 40.3 cm³/mol. The Labute approximate surface area is 65.8 Å². The Morgan fingerprint density at radius 3 is 2.64 bits per heavy atom. The normalized spacial score (nSPS) is 10.5. The molecule has 1 N–H and O–H groups in total. The highest BCUT2D eigenvalue weighted by Crippen LogP contribution is 1.91. The Bertz CT molecular complexity index is 119. The van der Waals surface area contributed by atoms with E-state index in [2.05, 4.69) is 0 Å². The summed E-state index contributed by atoms with van der Waals surface area (Å²) >= 11 is 0. The molecule has 0 unspecified atom stereocenters. The first kappa shape index (κ1) is 10.4. The summed E-state index contributed by atoms with van der Waals surface area (Å²) in [6.45, 7) is 2.68. The molecule has 0 saturated heterocycles. The number of nitrogens with zero attached hydrogens (tertiary/aromatic N) is 1. The summed E-state index contributed by atoms with van der Waals surface area (Å²) in [5.41, 5.74) is 0. The lowest BCUT2D eigenvalue weighted by molar-refractivity contribution is -0.138. The fourth-order valence-electron chi connectivity index (χ4n) is 0.824. The monoisotopic (exact) mass is 163 g/mol. The fourth-order valence-corrected chi connectivity index (χ4v) is 0.824. The van der Waals surface area contributed by atoms with Crippen molar-refractivity contribution >= 4 is 5.97 Å². The molecule has 0 rings (SSSR count). The quantitative estimate of drug-likeness (QED) is 0.628. The number of carboxylic acids is 1. The largest absolute Gasteiger partial charge is 0.480 e. The average molecular weight is 163 g/mol. The molecule has 4 heteroatoms. The molecule has 3 nitrogen and oxygen atoms in total. The van der Waals surface area contributed by atoms with Gasteiger partial charge in [-0.05, 0) is 13.0 Å². The standard InChI is InChI=1S/C7H14FNO2/c1-2-9(5-3-4-8)6-7(10)11/h2-6H2,1H3,(H,10,11). The minimum absolute atomic E-state index is 0.0104. The van der Waals surface area contributed by atoms with Crippen LogP contribution in [0.3, 0.4) is 0 Å². The molecule has 0 spiro atoms. The maximum Gasteiger partial charge on any atom is 0.317 e. The number of hydrogen-bond donors (Lipinski definition) is 1. The van der Waals surface area contributed by atoms with Gasteiger partial charge in [-0.25, -0.2) is 0 Å². The number of aliphatic carboxylic acids is 1. The molecule has 0 aromatic heterocycles. The second-order valence-electron chi connectivity index (χ2n) is 2.31. The van der Waals surface area contributed by atoms with E-state index in [1.165, 1.54) is 0 Å². The number of carboxylic acid groups (broad SMARTS) is 1. The summed E-state index contributed by atoms with van der Waals surface area (Å²) in [5.74, 6) is -0.856. The Morgan fingerprint density at radius 1 is 1.64 bits per heavy atom. The summed E-state index contributed by atoms with van der Waals surface area (Å²) in [7, 11) is 0. The average Bonchev–Trinajstić information content (AvgIpc) is 1.97. The molecule has 0 amide bonds. The van der Waals surface area contributed by atoms with E-state index in [4.69, 9.17) is 5.11 Å². The van der Waals surface area contributed by atoms with Crippen LogP contribution in [0.4, 0.5) is 4.39 Å². The molecule has 0 aromatic carbocycles. The van der Waals surface area contributed by atoms with E-state index in [0.29, 0.717) is 19.5 Å². The van der Waals surface area contributed by atoms with Crippen molar-refractivity contribution in [3.05, 3.63) is 0 Å². The second kappa shape index (κ2) is 6.09. The number of hydrogen-bond acceptors (Lipinski definition) is 2. The first-order valence-electron chi connectivity index (χ1n) is 3.70. The van der Waals surface area contributed by atoms with Crippen LogP contribution < -0.4 is 0 Å². The summed E-state index contributed by atoms with van der Waals surface area (Å²) in [6, 6.07) is 0. The zero-order chi connectivity index (χ0) is 8.69. The maximum absolute atomic E-state index is 11.7. The summed E-state index contributed by atoms with van der Waals surface area (Å²) in [5, 5.41) is 8.38. The van der Waals surface area contributed by atoms with Crippen molar-refractivity contribution in [2.75, 3.05) is 26.3 Å². The van der Waals surface area contributed by atoms with Crippen LogP contribution in [0.1, 0.15) is 13.3 Å². The van der Waals surface area contributed by atoms with Gasteiger partial charge in [-0.1, -0.05) is 6.92 Å². The van der Waals surface area contributed by atoms with E-state index < -0.39 is 5.97 Å². The number of halogens is 1. The number of likely N-dealkylation sites (N-methyl/N-ethyl adjacent to an activating group) is 1. The van der Waals surface area contributed by atoms with E-state index in [1.807, 2.05) is 6.92 Å². The van der Waals surface area contributed by atoms with Crippen molar-refractivity contribution in [3.8, 4) is 0 Å². The van der Waals surface area contributed by atoms with Crippen molar-refractivity contribution in [3.63, 3.8) is 0 Å². The number of carbonyl (C=O) groups is 1. The minimum atomic E-state index is -0.856. The summed E-state index contributed by atoms with van der Waals surface area (Å²) in [6.07, 6.45) is 0.418. The van der Waals surface area contributed by atoms with Gasteiger partial charge in [0, 0.05) is 6.54 Å². The predicted octanol–water partition coefficient (Wildman–Crippen LogP) is 0.753. The Balaban J connectivity index is 3.49. The fraction of sp³-hybridized carbons (Fsp3) is 0.857. The van der Waals surface area contributed by atoms with Gasteiger partial charge in [0.2, 0.25) is 0 Å². The van der Waals surface area contributed by atoms with E-state index in [1.54, 1.807) is 4.90 Å². The van der Waals surface area contributed by atoms with Gasteiger partial charge >= 0.3 is 5.97 Å². The molecule has 11 heavy (non-hydrogen) atoms. The van der Waals surface area contributed by atoms with Crippen LogP contribution in [0.15, 0.2) is 0 Å². The third-order valence-corrected chi connectivity index (χ3v) is 1.41. The maximum atomic E-state index is 11.7. The van der Waals surface area contributed by atoms with Gasteiger partial charge in [-0.2, -0.15) is 0 Å². The minimum Gasteiger partial charge on any atom is -0.480 e. The smallest absolute Gasteiger partial charge is 0.317 e. The van der Waals surface area contributed by atoms with Gasteiger partial charge in [0.25, 0.3) is 0 Å². The van der Waals surface area contributed by atoms with Crippen molar-refractivity contribution in [1.29, 1.82) is 0 Å². The lowest BCUT2D eigenvalue weighted by Crippen LogP contribution is -2.30. The SMILES string of the molecule is CCN(CCCF)CC(=O)O. The number of rotatable bonds is 6. The second-order valence-corrected chi connectivity index (χ2v) is 2.31. The highest BCUT2D eigenvalue weighted by molar-refractivity contribution is 5.69. The Morgan fingerprint density at radius 2 is 2.27 bits per heavy atom. The van der Waals surface area contributed by atoms with Gasteiger partial charge in [0.15, 0.2) is 0 Å². The lowest BCUT2D eigenvalue weighted by atomic mass is 10.4. The van der Waals surface area contributed by atoms with Crippen LogP contribution in [-0.2, 0) is 4.79 Å². The molecule has 0 heterocycles. The first-order chi connectivity index (χ1) is 5.20. The molecule has 0 aliphatic carbocycles. The van der Waals surface area contributed by atoms with Gasteiger partial charge in [0.05, 0.1) is 13.2 Å². The number of alkyl halides is 1. The van der Waals surface area contributed by atoms with E-state index in [-0.39, 0.29) is 13.2 Å². The molecule has 0 radical (unpaired) electrons. The summed E-state index contributed by atoms with van der Waals surface area (Å²) < 4.78 is 11.7. The van der Waals surface area contributed by atoms with Gasteiger partial charge in [-0.3, -0.25) is 14.1 Å². The molecule has 0 aliphatic heterocycles. The first-order valence-corrected chi connectivity index (χ1v) is 3.70. The molecule has 0 atom stereocenters. The Hall–Kier alpha value is -0.640. The van der Waals surface area contributed by atoms with Crippen LogP contribution in [0.2, 0.25) is 0 Å². The van der Waals surface area contributed by atoms with Crippen LogP contribution >= 0.6 is 0 Å². The van der Waals surface area contributed by atoms with E-state index in [9.17, 15) is 9.18 Å². The highest BCUT2D eigenvalue weighted by Gasteiger charge is 2.05. The topological polar surface area (TPSA) is 40.5 Å². The lowest BCUT2D eigenvalue weighted by Gasteiger charge is -2.16. The highest BCUT2D eigenvalue weighted by atomic mass is 19.1. The van der Waals surface area contributed by atoms with Crippen molar-refractivity contribution in [1.82, 2.24) is 4.90 Å². The zero-order valence-corrected chi connectivity index (χ0v) is 6.72. The molecule has 66 valence electrons. The van der Waals surface area contributed by atoms with Gasteiger partial charge in [0.1, 0.15) is 0 Å². The molecule has 0 bridgehead atoms. The molecular weight excluding hydrogens is 149 g/mol. The third-order valence-electron chi connectivity index (χ3n) is 1.41. The Kier molecular flexibility index (Phi) is 5.74. The molecule has 0 aromatic rings. The van der Waals surface area contributed by atoms with Gasteiger partial charge in [-0.15, -0.1) is 0 Å². The molecule has 0 fully saturated rings. The van der Waals surface area contributed by atoms with Crippen LogP contribution in [0.5, 0.6) is 0 Å². The van der Waals surface area contributed by atoms with Crippen molar-refractivity contribution in [2.45, 2.75) is 13.3 Å². The summed E-state index contributed by atoms with van der Waals surface area (Å²) in [4.78, 5) is 11.9.